The zero-order valence-corrected chi connectivity index (χ0v) is 12.5. The van der Waals surface area contributed by atoms with Gasteiger partial charge in [0.05, 0.1) is 0 Å². The molecule has 0 saturated heterocycles. The number of hydrogen-bond donors (Lipinski definition) is 1. The van der Waals surface area contributed by atoms with Crippen LogP contribution in [0.2, 0.25) is 0 Å². The van der Waals surface area contributed by atoms with Crippen LogP contribution in [0.25, 0.3) is 0 Å². The lowest BCUT2D eigenvalue weighted by molar-refractivity contribution is 0.151. The van der Waals surface area contributed by atoms with Gasteiger partial charge in [0.1, 0.15) is 0 Å². The molecule has 1 nitrogen and oxygen atoms in total. The fourth-order valence-corrected chi connectivity index (χ4v) is 4.60. The summed E-state index contributed by atoms with van der Waals surface area (Å²) in [6.45, 7) is 4.69. The minimum Gasteiger partial charge on any atom is -0.325 e. The predicted octanol–water partition coefficient (Wildman–Crippen LogP) is 4.35. The van der Waals surface area contributed by atoms with E-state index < -0.39 is 0 Å². The fourth-order valence-electron chi connectivity index (χ4n) is 2.99. The maximum Gasteiger partial charge on any atom is 0.0285 e. The Morgan fingerprint density at radius 3 is 2.75 bits per heavy atom. The van der Waals surface area contributed by atoms with E-state index in [-0.39, 0.29) is 5.54 Å². The Labute approximate surface area is 111 Å². The van der Waals surface area contributed by atoms with Crippen molar-refractivity contribution in [2.24, 2.45) is 11.1 Å². The van der Waals surface area contributed by atoms with Crippen LogP contribution in [0.15, 0.2) is 15.9 Å². The van der Waals surface area contributed by atoms with Crippen LogP contribution in [-0.4, -0.2) is 5.54 Å². The standard InChI is InChI=1S/C13H20BrNS/c1-12(2)4-3-5-13(15,9-12)7-11-6-10(14)8-16-11/h6,8H,3-5,7,9,15H2,1-2H3. The van der Waals surface area contributed by atoms with Crippen molar-refractivity contribution in [1.29, 1.82) is 0 Å². The Hall–Kier alpha value is 0.140. The first-order valence-corrected chi connectivity index (χ1v) is 7.58. The molecule has 1 heterocycles. The second-order valence-electron chi connectivity index (χ2n) is 5.96. The zero-order valence-electron chi connectivity index (χ0n) is 10.1. The van der Waals surface area contributed by atoms with Gasteiger partial charge < -0.3 is 5.73 Å². The lowest BCUT2D eigenvalue weighted by Gasteiger charge is -2.42. The van der Waals surface area contributed by atoms with E-state index in [0.717, 1.165) is 12.8 Å². The molecule has 0 aliphatic heterocycles. The van der Waals surface area contributed by atoms with Crippen molar-refractivity contribution in [3.8, 4) is 0 Å². The molecular formula is C13H20BrNS. The maximum absolute atomic E-state index is 6.57. The Bertz CT molecular complexity index is 372. The van der Waals surface area contributed by atoms with Crippen LogP contribution in [0.1, 0.15) is 44.4 Å². The molecule has 90 valence electrons. The van der Waals surface area contributed by atoms with Gasteiger partial charge in [-0.3, -0.25) is 0 Å². The molecule has 0 bridgehead atoms. The average molecular weight is 302 g/mol. The molecule has 1 aliphatic carbocycles. The van der Waals surface area contributed by atoms with E-state index >= 15 is 0 Å². The van der Waals surface area contributed by atoms with Crippen molar-refractivity contribution < 1.29 is 0 Å². The second kappa shape index (κ2) is 4.43. The molecule has 0 amide bonds. The van der Waals surface area contributed by atoms with Gasteiger partial charge in [0.15, 0.2) is 0 Å². The molecule has 3 heteroatoms. The molecular weight excluding hydrogens is 282 g/mol. The van der Waals surface area contributed by atoms with E-state index in [2.05, 4.69) is 41.2 Å². The Balaban J connectivity index is 2.07. The molecule has 1 atom stereocenters. The highest BCUT2D eigenvalue weighted by Gasteiger charge is 2.37. The van der Waals surface area contributed by atoms with E-state index in [1.165, 1.54) is 28.6 Å². The van der Waals surface area contributed by atoms with Gasteiger partial charge in [-0.15, -0.1) is 11.3 Å². The summed E-state index contributed by atoms with van der Waals surface area (Å²) < 4.78 is 1.19. The number of hydrogen-bond acceptors (Lipinski definition) is 2. The normalized spacial score (nSPS) is 29.2. The Morgan fingerprint density at radius 2 is 2.19 bits per heavy atom. The molecule has 0 aromatic carbocycles. The first-order valence-electron chi connectivity index (χ1n) is 5.90. The zero-order chi connectivity index (χ0) is 11.8. The van der Waals surface area contributed by atoms with E-state index in [4.69, 9.17) is 5.73 Å². The molecule has 1 fully saturated rings. The lowest BCUT2D eigenvalue weighted by Crippen LogP contribution is -2.48. The van der Waals surface area contributed by atoms with Crippen molar-refractivity contribution in [3.63, 3.8) is 0 Å². The average Bonchev–Trinajstić information content (AvgIpc) is 2.47. The largest absolute Gasteiger partial charge is 0.325 e. The summed E-state index contributed by atoms with van der Waals surface area (Å²) in [6, 6.07) is 2.21. The minimum absolute atomic E-state index is 0.0199. The Kier molecular flexibility index (Phi) is 3.49. The van der Waals surface area contributed by atoms with Crippen LogP contribution < -0.4 is 5.73 Å². The van der Waals surface area contributed by atoms with Gasteiger partial charge in [0.25, 0.3) is 0 Å². The highest BCUT2D eigenvalue weighted by atomic mass is 79.9. The third-order valence-electron chi connectivity index (χ3n) is 3.51. The van der Waals surface area contributed by atoms with Gasteiger partial charge in [0.2, 0.25) is 0 Å². The van der Waals surface area contributed by atoms with Crippen LogP contribution in [0.3, 0.4) is 0 Å². The number of nitrogens with two attached hydrogens (primary N) is 1. The van der Waals surface area contributed by atoms with Crippen LogP contribution in [-0.2, 0) is 6.42 Å². The van der Waals surface area contributed by atoms with E-state index in [1.807, 2.05) is 11.3 Å². The van der Waals surface area contributed by atoms with Gasteiger partial charge in [-0.2, -0.15) is 0 Å². The number of halogens is 1. The van der Waals surface area contributed by atoms with E-state index in [0.29, 0.717) is 5.41 Å². The van der Waals surface area contributed by atoms with Gasteiger partial charge >= 0.3 is 0 Å². The van der Waals surface area contributed by atoms with Gasteiger partial charge in [-0.25, -0.2) is 0 Å². The van der Waals surface area contributed by atoms with Crippen molar-refractivity contribution in [1.82, 2.24) is 0 Å². The topological polar surface area (TPSA) is 26.0 Å². The van der Waals surface area contributed by atoms with E-state index in [1.54, 1.807) is 0 Å². The first-order chi connectivity index (χ1) is 7.39. The molecule has 1 unspecified atom stereocenters. The molecule has 16 heavy (non-hydrogen) atoms. The van der Waals surface area contributed by atoms with Crippen LogP contribution in [0.4, 0.5) is 0 Å². The summed E-state index contributed by atoms with van der Waals surface area (Å²) in [5, 5.41) is 2.15. The van der Waals surface area contributed by atoms with E-state index in [9.17, 15) is 0 Å². The highest BCUT2D eigenvalue weighted by Crippen LogP contribution is 2.41. The van der Waals surface area contributed by atoms with Gasteiger partial charge in [0, 0.05) is 20.3 Å². The van der Waals surface area contributed by atoms with Crippen LogP contribution >= 0.6 is 27.3 Å². The summed E-state index contributed by atoms with van der Waals surface area (Å²) in [5.74, 6) is 0. The molecule has 1 aromatic heterocycles. The van der Waals surface area contributed by atoms with Crippen molar-refractivity contribution in [2.45, 2.75) is 51.5 Å². The molecule has 1 aromatic rings. The maximum atomic E-state index is 6.57. The lowest BCUT2D eigenvalue weighted by atomic mass is 9.67. The van der Waals surface area contributed by atoms with Crippen molar-refractivity contribution >= 4 is 27.3 Å². The molecule has 0 radical (unpaired) electrons. The summed E-state index contributed by atoms with van der Waals surface area (Å²) in [7, 11) is 0. The quantitative estimate of drug-likeness (QED) is 0.863. The summed E-state index contributed by atoms with van der Waals surface area (Å²) in [5.41, 5.74) is 7.01. The third-order valence-corrected chi connectivity index (χ3v) is 5.20. The van der Waals surface area contributed by atoms with Crippen LogP contribution in [0.5, 0.6) is 0 Å². The smallest absolute Gasteiger partial charge is 0.0285 e. The second-order valence-corrected chi connectivity index (χ2v) is 7.88. The summed E-state index contributed by atoms with van der Waals surface area (Å²) >= 11 is 5.32. The molecule has 2 rings (SSSR count). The van der Waals surface area contributed by atoms with Crippen LogP contribution in [0, 0.1) is 5.41 Å². The highest BCUT2D eigenvalue weighted by molar-refractivity contribution is 9.10. The molecule has 1 aliphatic rings. The fraction of sp³-hybridized carbons (Fsp3) is 0.692. The van der Waals surface area contributed by atoms with Gasteiger partial charge in [-0.05, 0) is 53.1 Å². The number of thiophene rings is 1. The molecule has 1 saturated carbocycles. The minimum atomic E-state index is 0.0199. The summed E-state index contributed by atoms with van der Waals surface area (Å²) in [6.07, 6.45) is 5.95. The third kappa shape index (κ3) is 3.08. The SMILES string of the molecule is CC1(C)CCCC(N)(Cc2cc(Br)cs2)C1. The molecule has 2 N–H and O–H groups in total. The monoisotopic (exact) mass is 301 g/mol. The number of rotatable bonds is 2. The Morgan fingerprint density at radius 1 is 1.44 bits per heavy atom. The van der Waals surface area contributed by atoms with Crippen molar-refractivity contribution in [2.75, 3.05) is 0 Å². The van der Waals surface area contributed by atoms with Crippen molar-refractivity contribution in [3.05, 3.63) is 20.8 Å². The molecule has 0 spiro atoms. The first kappa shape index (κ1) is 12.6. The van der Waals surface area contributed by atoms with Gasteiger partial charge in [-0.1, -0.05) is 20.3 Å². The summed E-state index contributed by atoms with van der Waals surface area (Å²) in [4.78, 5) is 1.41. The predicted molar refractivity (Wildman–Crippen MR) is 74.9 cm³/mol.